The summed E-state index contributed by atoms with van der Waals surface area (Å²) in [6.45, 7) is 3.63. The molecule has 144 valence electrons. The monoisotopic (exact) mass is 415 g/mol. The van der Waals surface area contributed by atoms with Crippen LogP contribution in [-0.2, 0) is 14.8 Å². The molecule has 0 radical (unpaired) electrons. The summed E-state index contributed by atoms with van der Waals surface area (Å²) in [7, 11) is -2.70. The van der Waals surface area contributed by atoms with Crippen molar-refractivity contribution in [3.05, 3.63) is 83.9 Å². The minimum absolute atomic E-state index is 0.0144. The molecule has 0 spiro atoms. The number of hydrogen-bond acceptors (Lipinski definition) is 4. The van der Waals surface area contributed by atoms with Crippen LogP contribution in [0.2, 0.25) is 5.02 Å². The van der Waals surface area contributed by atoms with Crippen LogP contribution >= 0.6 is 11.6 Å². The Hall–Kier alpha value is -2.83. The van der Waals surface area contributed by atoms with Crippen LogP contribution < -0.4 is 4.31 Å². The molecule has 0 unspecified atom stereocenters. The number of benzene rings is 3. The van der Waals surface area contributed by atoms with E-state index < -0.39 is 16.0 Å². The molecule has 0 aliphatic rings. The normalized spacial score (nSPS) is 11.2. The molecule has 0 heterocycles. The molecule has 3 aromatic carbocycles. The first-order valence-electron chi connectivity index (χ1n) is 8.39. The van der Waals surface area contributed by atoms with Crippen molar-refractivity contribution in [3.8, 4) is 0 Å². The maximum Gasteiger partial charge on any atom is 0.337 e. The standard InChI is InChI=1S/C21H18ClNO4S/c1-3-12-23(20-14-17(21(24)27-2)9-11-19(20)22)28(25,26)18-10-8-15-6-4-5-7-16(15)13-18/h3-11,13-14H,1,12H2,2H3. The van der Waals surface area contributed by atoms with E-state index in [1.807, 2.05) is 24.3 Å². The highest BCUT2D eigenvalue weighted by Gasteiger charge is 2.27. The highest BCUT2D eigenvalue weighted by molar-refractivity contribution is 7.92. The van der Waals surface area contributed by atoms with Crippen LogP contribution in [0.3, 0.4) is 0 Å². The van der Waals surface area contributed by atoms with Gasteiger partial charge in [0.2, 0.25) is 0 Å². The van der Waals surface area contributed by atoms with E-state index in [2.05, 4.69) is 6.58 Å². The Morgan fingerprint density at radius 1 is 1.11 bits per heavy atom. The molecule has 28 heavy (non-hydrogen) atoms. The molecule has 0 aliphatic carbocycles. The third-order valence-electron chi connectivity index (χ3n) is 4.24. The fraction of sp³-hybridized carbons (Fsp3) is 0.0952. The molecule has 0 saturated carbocycles. The Balaban J connectivity index is 2.15. The van der Waals surface area contributed by atoms with Crippen molar-refractivity contribution in [3.63, 3.8) is 0 Å². The number of anilines is 1. The van der Waals surface area contributed by atoms with Gasteiger partial charge >= 0.3 is 5.97 Å². The highest BCUT2D eigenvalue weighted by atomic mass is 35.5. The fourth-order valence-electron chi connectivity index (χ4n) is 2.85. The number of carbonyl (C=O) groups excluding carboxylic acids is 1. The summed E-state index contributed by atoms with van der Waals surface area (Å²) in [4.78, 5) is 12.0. The number of methoxy groups -OCH3 is 1. The number of carbonyl (C=O) groups is 1. The van der Waals surface area contributed by atoms with Crippen LogP contribution in [0.5, 0.6) is 0 Å². The molecular formula is C21H18ClNO4S. The first kappa shape index (κ1) is 19.9. The topological polar surface area (TPSA) is 63.7 Å². The van der Waals surface area contributed by atoms with Crippen molar-refractivity contribution in [2.75, 3.05) is 18.0 Å². The maximum absolute atomic E-state index is 13.4. The van der Waals surface area contributed by atoms with Gasteiger partial charge in [-0.3, -0.25) is 4.31 Å². The van der Waals surface area contributed by atoms with Gasteiger partial charge < -0.3 is 4.74 Å². The summed E-state index contributed by atoms with van der Waals surface area (Å²) in [6, 6.07) is 16.7. The third kappa shape index (κ3) is 3.74. The van der Waals surface area contributed by atoms with E-state index in [9.17, 15) is 13.2 Å². The summed E-state index contributed by atoms with van der Waals surface area (Å²) in [5, 5.41) is 1.93. The minimum Gasteiger partial charge on any atom is -0.465 e. The summed E-state index contributed by atoms with van der Waals surface area (Å²) in [6.07, 6.45) is 1.46. The van der Waals surface area contributed by atoms with Gasteiger partial charge in [0.15, 0.2) is 0 Å². The Labute approximate surface area is 168 Å². The van der Waals surface area contributed by atoms with Gasteiger partial charge in [0.25, 0.3) is 10.0 Å². The summed E-state index contributed by atoms with van der Waals surface area (Å²) in [5.41, 5.74) is 0.377. The van der Waals surface area contributed by atoms with Crippen molar-refractivity contribution < 1.29 is 17.9 Å². The molecule has 3 rings (SSSR count). The number of halogens is 1. The van der Waals surface area contributed by atoms with Crippen molar-refractivity contribution in [1.29, 1.82) is 0 Å². The summed E-state index contributed by atoms with van der Waals surface area (Å²) >= 11 is 6.27. The summed E-state index contributed by atoms with van der Waals surface area (Å²) < 4.78 is 32.6. The van der Waals surface area contributed by atoms with Gasteiger partial charge in [-0.25, -0.2) is 13.2 Å². The van der Waals surface area contributed by atoms with Gasteiger partial charge in [-0.05, 0) is 41.1 Å². The molecular weight excluding hydrogens is 398 g/mol. The minimum atomic E-state index is -3.95. The SMILES string of the molecule is C=CCN(c1cc(C(=O)OC)ccc1Cl)S(=O)(=O)c1ccc2ccccc2c1. The van der Waals surface area contributed by atoms with Crippen LogP contribution in [0.15, 0.2) is 78.2 Å². The second kappa shape index (κ2) is 8.04. The van der Waals surface area contributed by atoms with Crippen molar-refractivity contribution in [2.24, 2.45) is 0 Å². The van der Waals surface area contributed by atoms with Crippen LogP contribution in [0.1, 0.15) is 10.4 Å². The van der Waals surface area contributed by atoms with Gasteiger partial charge in [0.1, 0.15) is 0 Å². The molecule has 3 aromatic rings. The number of hydrogen-bond donors (Lipinski definition) is 0. The van der Waals surface area contributed by atoms with Crippen molar-refractivity contribution >= 4 is 44.1 Å². The van der Waals surface area contributed by atoms with Crippen LogP contribution in [0.4, 0.5) is 5.69 Å². The van der Waals surface area contributed by atoms with Crippen molar-refractivity contribution in [2.45, 2.75) is 4.90 Å². The van der Waals surface area contributed by atoms with Gasteiger partial charge in [0.05, 0.1) is 34.8 Å². The second-order valence-corrected chi connectivity index (χ2v) is 8.26. The molecule has 0 N–H and O–H groups in total. The molecule has 7 heteroatoms. The van der Waals surface area contributed by atoms with Crippen molar-refractivity contribution in [1.82, 2.24) is 0 Å². The molecule has 0 amide bonds. The van der Waals surface area contributed by atoms with E-state index in [4.69, 9.17) is 16.3 Å². The summed E-state index contributed by atoms with van der Waals surface area (Å²) in [5.74, 6) is -0.584. The van der Waals surface area contributed by atoms with E-state index in [1.54, 1.807) is 18.2 Å². The highest BCUT2D eigenvalue weighted by Crippen LogP contribution is 2.32. The van der Waals surface area contributed by atoms with E-state index >= 15 is 0 Å². The fourth-order valence-corrected chi connectivity index (χ4v) is 4.60. The van der Waals surface area contributed by atoms with Gasteiger partial charge in [-0.1, -0.05) is 48.0 Å². The van der Waals surface area contributed by atoms with Gasteiger partial charge in [-0.2, -0.15) is 0 Å². The Morgan fingerprint density at radius 2 is 1.82 bits per heavy atom. The van der Waals surface area contributed by atoms with E-state index in [0.717, 1.165) is 15.1 Å². The Kier molecular flexibility index (Phi) is 5.72. The zero-order chi connectivity index (χ0) is 20.3. The van der Waals surface area contributed by atoms with Crippen LogP contribution in [0, 0.1) is 0 Å². The smallest absolute Gasteiger partial charge is 0.337 e. The lowest BCUT2D eigenvalue weighted by molar-refractivity contribution is 0.0600. The van der Waals surface area contributed by atoms with Gasteiger partial charge in [0, 0.05) is 0 Å². The molecule has 0 atom stereocenters. The average molecular weight is 416 g/mol. The predicted molar refractivity (Wildman–Crippen MR) is 111 cm³/mol. The molecule has 0 fully saturated rings. The molecule has 0 aromatic heterocycles. The maximum atomic E-state index is 13.4. The first-order chi connectivity index (χ1) is 13.4. The third-order valence-corrected chi connectivity index (χ3v) is 6.34. The number of fused-ring (bicyclic) bond motifs is 1. The predicted octanol–water partition coefficient (Wildman–Crippen LogP) is 4.66. The Morgan fingerprint density at radius 3 is 2.50 bits per heavy atom. The number of esters is 1. The van der Waals surface area contributed by atoms with E-state index in [-0.39, 0.29) is 27.7 Å². The van der Waals surface area contributed by atoms with Gasteiger partial charge in [-0.15, -0.1) is 6.58 Å². The van der Waals surface area contributed by atoms with Crippen LogP contribution in [-0.4, -0.2) is 28.0 Å². The number of sulfonamides is 1. The number of ether oxygens (including phenoxy) is 1. The number of nitrogens with zero attached hydrogens (tertiary/aromatic N) is 1. The molecule has 5 nitrogen and oxygen atoms in total. The van der Waals surface area contributed by atoms with E-state index in [0.29, 0.717) is 0 Å². The van der Waals surface area contributed by atoms with E-state index in [1.165, 1.54) is 31.4 Å². The lowest BCUT2D eigenvalue weighted by atomic mass is 10.1. The molecule has 0 saturated heterocycles. The largest absolute Gasteiger partial charge is 0.465 e. The molecule has 0 bridgehead atoms. The zero-order valence-corrected chi connectivity index (χ0v) is 16.7. The zero-order valence-electron chi connectivity index (χ0n) is 15.1. The Bertz CT molecular complexity index is 1160. The lowest BCUT2D eigenvalue weighted by Crippen LogP contribution is -2.31. The number of rotatable bonds is 6. The van der Waals surface area contributed by atoms with Crippen LogP contribution in [0.25, 0.3) is 10.8 Å². The second-order valence-electron chi connectivity index (χ2n) is 5.99. The first-order valence-corrected chi connectivity index (χ1v) is 10.2. The lowest BCUT2D eigenvalue weighted by Gasteiger charge is -2.24. The average Bonchev–Trinajstić information content (AvgIpc) is 2.71. The molecule has 0 aliphatic heterocycles. The quantitative estimate of drug-likeness (QED) is 0.434.